The highest BCUT2D eigenvalue weighted by Gasteiger charge is 2.19. The molecule has 1 unspecified atom stereocenters. The highest BCUT2D eigenvalue weighted by Crippen LogP contribution is 2.29. The molecule has 0 saturated carbocycles. The van der Waals surface area contributed by atoms with Crippen LogP contribution in [-0.4, -0.2) is 32.9 Å². The summed E-state index contributed by atoms with van der Waals surface area (Å²) in [4.78, 5) is 24.1. The first-order chi connectivity index (χ1) is 14.0. The molecule has 0 amide bonds. The van der Waals surface area contributed by atoms with Gasteiger partial charge in [0.05, 0.1) is 22.6 Å². The van der Waals surface area contributed by atoms with Crippen LogP contribution in [0, 0.1) is 13.8 Å². The molecule has 5 rings (SSSR count). The summed E-state index contributed by atoms with van der Waals surface area (Å²) >= 11 is 0. The number of fused-ring (bicyclic) bond motifs is 2. The molecule has 146 valence electrons. The smallest absolute Gasteiger partial charge is 0.345 e. The topological polar surface area (TPSA) is 63.6 Å². The molecule has 4 heterocycles. The van der Waals surface area contributed by atoms with Gasteiger partial charge in [-0.2, -0.15) is 0 Å². The van der Waals surface area contributed by atoms with E-state index in [9.17, 15) is 4.79 Å². The van der Waals surface area contributed by atoms with E-state index in [1.165, 1.54) is 0 Å². The van der Waals surface area contributed by atoms with Crippen LogP contribution in [0.25, 0.3) is 27.9 Å². The van der Waals surface area contributed by atoms with Crippen molar-refractivity contribution >= 4 is 16.6 Å². The third-order valence-corrected chi connectivity index (χ3v) is 5.60. The third kappa shape index (κ3) is 3.06. The Morgan fingerprint density at radius 3 is 2.79 bits per heavy atom. The first-order valence-corrected chi connectivity index (χ1v) is 9.76. The number of nitrogens with zero attached hydrogens (tertiary/aromatic N) is 4. The molecule has 29 heavy (non-hydrogen) atoms. The predicted molar refractivity (Wildman–Crippen MR) is 113 cm³/mol. The zero-order valence-corrected chi connectivity index (χ0v) is 16.7. The van der Waals surface area contributed by atoms with Crippen LogP contribution in [0.15, 0.2) is 58.0 Å². The van der Waals surface area contributed by atoms with Crippen LogP contribution in [0.3, 0.4) is 0 Å². The Labute approximate surface area is 168 Å². The lowest BCUT2D eigenvalue weighted by Crippen LogP contribution is -2.26. The molecule has 6 heteroatoms. The summed E-state index contributed by atoms with van der Waals surface area (Å²) in [7, 11) is 2.11. The average Bonchev–Trinajstić information content (AvgIpc) is 3.11. The fraction of sp³-hybridized carbons (Fsp3) is 0.261. The SMILES string of the molecule is Cc1cn2cc(-c3cc4ccc(C5CC=CCN5C)cc4oc3=O)nc2c(C)n1. The van der Waals surface area contributed by atoms with Crippen molar-refractivity contribution in [3.63, 3.8) is 0 Å². The molecule has 0 bridgehead atoms. The fourth-order valence-electron chi connectivity index (χ4n) is 4.11. The van der Waals surface area contributed by atoms with Gasteiger partial charge in [-0.05, 0) is 45.0 Å². The molecule has 1 aromatic carbocycles. The standard InChI is InChI=1S/C23H22N4O2/c1-14-12-27-13-19(25-22(27)15(2)24-14)18-10-17-8-7-16(11-21(17)29-23(18)28)20-6-4-5-9-26(20)3/h4-5,7-8,10-13,20H,6,9H2,1-3H3. The molecule has 0 N–H and O–H groups in total. The van der Waals surface area contributed by atoms with Gasteiger partial charge in [-0.3, -0.25) is 9.88 Å². The largest absolute Gasteiger partial charge is 0.422 e. The summed E-state index contributed by atoms with van der Waals surface area (Å²) in [6.07, 6.45) is 9.10. The van der Waals surface area contributed by atoms with E-state index in [1.54, 1.807) is 0 Å². The number of hydrogen-bond donors (Lipinski definition) is 0. The van der Waals surface area contributed by atoms with Crippen LogP contribution in [-0.2, 0) is 0 Å². The minimum Gasteiger partial charge on any atom is -0.422 e. The van der Waals surface area contributed by atoms with E-state index < -0.39 is 0 Å². The maximum absolute atomic E-state index is 12.8. The number of rotatable bonds is 2. The van der Waals surface area contributed by atoms with Crippen LogP contribution in [0.4, 0.5) is 0 Å². The van der Waals surface area contributed by atoms with Gasteiger partial charge in [-0.1, -0.05) is 24.3 Å². The highest BCUT2D eigenvalue weighted by molar-refractivity contribution is 5.82. The van der Waals surface area contributed by atoms with E-state index in [2.05, 4.69) is 40.1 Å². The Kier molecular flexibility index (Phi) is 4.10. The molecule has 0 aliphatic carbocycles. The molecule has 0 spiro atoms. The quantitative estimate of drug-likeness (QED) is 0.384. The lowest BCUT2D eigenvalue weighted by Gasteiger charge is -2.29. The Hall–Kier alpha value is -3.25. The zero-order valence-electron chi connectivity index (χ0n) is 16.7. The third-order valence-electron chi connectivity index (χ3n) is 5.60. The van der Waals surface area contributed by atoms with Gasteiger partial charge in [0.2, 0.25) is 0 Å². The molecule has 4 aromatic rings. The first-order valence-electron chi connectivity index (χ1n) is 9.76. The Morgan fingerprint density at radius 2 is 1.97 bits per heavy atom. The second-order valence-electron chi connectivity index (χ2n) is 7.73. The van der Waals surface area contributed by atoms with Crippen LogP contribution in [0.2, 0.25) is 0 Å². The van der Waals surface area contributed by atoms with Crippen LogP contribution < -0.4 is 5.63 Å². The maximum Gasteiger partial charge on any atom is 0.345 e. The molecular weight excluding hydrogens is 364 g/mol. The van der Waals surface area contributed by atoms with Crippen molar-refractivity contribution in [1.29, 1.82) is 0 Å². The molecule has 0 radical (unpaired) electrons. The van der Waals surface area contributed by atoms with E-state index in [0.717, 1.165) is 41.0 Å². The first kappa shape index (κ1) is 17.8. The molecule has 3 aromatic heterocycles. The van der Waals surface area contributed by atoms with E-state index in [1.807, 2.05) is 48.8 Å². The van der Waals surface area contributed by atoms with Crippen LogP contribution in [0.1, 0.15) is 29.4 Å². The second kappa shape index (κ2) is 6.67. The summed E-state index contributed by atoms with van der Waals surface area (Å²) in [6, 6.07) is 8.30. The van der Waals surface area contributed by atoms with Crippen molar-refractivity contribution in [1.82, 2.24) is 19.3 Å². The molecule has 1 aliphatic rings. The lowest BCUT2D eigenvalue weighted by atomic mass is 9.98. The van der Waals surface area contributed by atoms with Crippen molar-refractivity contribution in [3.05, 3.63) is 76.2 Å². The van der Waals surface area contributed by atoms with Crippen LogP contribution in [0.5, 0.6) is 0 Å². The Bertz CT molecular complexity index is 1330. The molecule has 1 aliphatic heterocycles. The lowest BCUT2D eigenvalue weighted by molar-refractivity contribution is 0.261. The van der Waals surface area contributed by atoms with Gasteiger partial charge in [0.15, 0.2) is 5.65 Å². The van der Waals surface area contributed by atoms with Gasteiger partial charge >= 0.3 is 5.63 Å². The predicted octanol–water partition coefficient (Wildman–Crippen LogP) is 4.05. The number of likely N-dealkylation sites (N-methyl/N-ethyl adjacent to an activating group) is 1. The zero-order chi connectivity index (χ0) is 20.1. The second-order valence-corrected chi connectivity index (χ2v) is 7.73. The van der Waals surface area contributed by atoms with Gasteiger partial charge in [0.1, 0.15) is 5.58 Å². The molecular formula is C23H22N4O2. The normalized spacial score (nSPS) is 17.4. The molecule has 6 nitrogen and oxygen atoms in total. The van der Waals surface area contributed by atoms with E-state index in [-0.39, 0.29) is 5.63 Å². The molecule has 0 saturated heterocycles. The van der Waals surface area contributed by atoms with Gasteiger partial charge < -0.3 is 8.82 Å². The van der Waals surface area contributed by atoms with Gasteiger partial charge in [0.25, 0.3) is 0 Å². The summed E-state index contributed by atoms with van der Waals surface area (Å²) < 4.78 is 7.62. The minimum atomic E-state index is -0.378. The summed E-state index contributed by atoms with van der Waals surface area (Å²) in [5.74, 6) is 0. The fourth-order valence-corrected chi connectivity index (χ4v) is 4.11. The van der Waals surface area contributed by atoms with E-state index in [4.69, 9.17) is 4.42 Å². The monoisotopic (exact) mass is 386 g/mol. The van der Waals surface area contributed by atoms with Crippen LogP contribution >= 0.6 is 0 Å². The van der Waals surface area contributed by atoms with Crippen molar-refractivity contribution in [2.45, 2.75) is 26.3 Å². The van der Waals surface area contributed by atoms with Crippen molar-refractivity contribution in [2.75, 3.05) is 13.6 Å². The van der Waals surface area contributed by atoms with Gasteiger partial charge in [0, 0.05) is 30.4 Å². The summed E-state index contributed by atoms with van der Waals surface area (Å²) in [5.41, 5.74) is 4.92. The Morgan fingerprint density at radius 1 is 1.10 bits per heavy atom. The summed E-state index contributed by atoms with van der Waals surface area (Å²) in [6.45, 7) is 4.78. The Balaban J connectivity index is 1.60. The number of aromatic nitrogens is 3. The number of benzene rings is 1. The van der Waals surface area contributed by atoms with Crippen molar-refractivity contribution in [2.24, 2.45) is 0 Å². The van der Waals surface area contributed by atoms with Crippen molar-refractivity contribution < 1.29 is 4.42 Å². The maximum atomic E-state index is 12.8. The molecule has 1 atom stereocenters. The minimum absolute atomic E-state index is 0.298. The molecule has 0 fully saturated rings. The summed E-state index contributed by atoms with van der Waals surface area (Å²) in [5, 5.41) is 0.889. The highest BCUT2D eigenvalue weighted by atomic mass is 16.4. The van der Waals surface area contributed by atoms with E-state index >= 15 is 0 Å². The average molecular weight is 386 g/mol. The van der Waals surface area contributed by atoms with Crippen molar-refractivity contribution in [3.8, 4) is 11.3 Å². The van der Waals surface area contributed by atoms with Gasteiger partial charge in [-0.25, -0.2) is 9.78 Å². The number of imidazole rings is 1. The number of aryl methyl sites for hydroxylation is 2. The van der Waals surface area contributed by atoms with E-state index in [0.29, 0.717) is 22.9 Å². The number of hydrogen-bond acceptors (Lipinski definition) is 5. The van der Waals surface area contributed by atoms with Gasteiger partial charge in [-0.15, -0.1) is 0 Å².